The minimum absolute atomic E-state index is 0.286. The van der Waals surface area contributed by atoms with Crippen LogP contribution in [0.15, 0.2) is 24.0 Å². The van der Waals surface area contributed by atoms with Crippen molar-refractivity contribution in [3.8, 4) is 0 Å². The highest BCUT2D eigenvalue weighted by Gasteiger charge is 2.22. The van der Waals surface area contributed by atoms with Crippen LogP contribution in [0.5, 0.6) is 0 Å². The lowest BCUT2D eigenvalue weighted by Crippen LogP contribution is -2.41. The first-order valence-electron chi connectivity index (χ1n) is 10.2. The summed E-state index contributed by atoms with van der Waals surface area (Å²) < 4.78 is 0. The van der Waals surface area contributed by atoms with Crippen molar-refractivity contribution in [3.05, 3.63) is 34.6 Å². The van der Waals surface area contributed by atoms with Gasteiger partial charge in [0.15, 0.2) is 0 Å². The summed E-state index contributed by atoms with van der Waals surface area (Å²) in [5.74, 6) is -0.678. The average Bonchev–Trinajstić information content (AvgIpc) is 3.44. The SMILES string of the molecule is C1=Cc2ncsc2CC1.CCN(CC(C)C)C(=O)C(=O)Nc1cnc(N)c2cn[nH]c12. The van der Waals surface area contributed by atoms with Crippen LogP contribution in [0.4, 0.5) is 11.5 Å². The van der Waals surface area contributed by atoms with Gasteiger partial charge in [0.1, 0.15) is 5.82 Å². The van der Waals surface area contributed by atoms with Gasteiger partial charge in [0.05, 0.1) is 40.2 Å². The minimum Gasteiger partial charge on any atom is -0.383 e. The van der Waals surface area contributed by atoms with Crippen LogP contribution in [0.3, 0.4) is 0 Å². The van der Waals surface area contributed by atoms with E-state index >= 15 is 0 Å². The van der Waals surface area contributed by atoms with Crippen molar-refractivity contribution in [2.75, 3.05) is 24.1 Å². The van der Waals surface area contributed by atoms with Crippen molar-refractivity contribution in [3.63, 3.8) is 0 Å². The van der Waals surface area contributed by atoms with Gasteiger partial charge in [0.25, 0.3) is 0 Å². The summed E-state index contributed by atoms with van der Waals surface area (Å²) in [7, 11) is 0. The zero-order valence-electron chi connectivity index (χ0n) is 17.9. The maximum Gasteiger partial charge on any atom is 0.314 e. The molecular weight excluding hydrogens is 414 g/mol. The number of aromatic nitrogens is 4. The second-order valence-electron chi connectivity index (χ2n) is 7.51. The molecule has 1 aliphatic rings. The monoisotopic (exact) mass is 441 g/mol. The predicted molar refractivity (Wildman–Crippen MR) is 123 cm³/mol. The van der Waals surface area contributed by atoms with Gasteiger partial charge in [-0.2, -0.15) is 5.10 Å². The molecule has 0 saturated heterocycles. The number of likely N-dealkylation sites (N-methyl/N-ethyl adjacent to an activating group) is 1. The molecule has 2 amide bonds. The summed E-state index contributed by atoms with van der Waals surface area (Å²) in [6, 6.07) is 0. The summed E-state index contributed by atoms with van der Waals surface area (Å²) in [5, 5.41) is 9.78. The lowest BCUT2D eigenvalue weighted by molar-refractivity contribution is -0.143. The Morgan fingerprint density at radius 2 is 2.13 bits per heavy atom. The smallest absolute Gasteiger partial charge is 0.314 e. The van der Waals surface area contributed by atoms with Gasteiger partial charge in [0, 0.05) is 18.0 Å². The highest BCUT2D eigenvalue weighted by Crippen LogP contribution is 2.24. The first-order chi connectivity index (χ1) is 14.9. The molecule has 0 radical (unpaired) electrons. The van der Waals surface area contributed by atoms with Crippen molar-refractivity contribution in [1.29, 1.82) is 0 Å². The van der Waals surface area contributed by atoms with Gasteiger partial charge >= 0.3 is 11.8 Å². The van der Waals surface area contributed by atoms with Gasteiger partial charge in [-0.15, -0.1) is 11.3 Å². The van der Waals surface area contributed by atoms with E-state index < -0.39 is 11.8 Å². The number of thiazole rings is 1. The van der Waals surface area contributed by atoms with E-state index in [4.69, 9.17) is 5.73 Å². The number of H-pyrrole nitrogens is 1. The third-order valence-electron chi connectivity index (χ3n) is 4.70. The number of nitrogen functional groups attached to an aromatic ring is 1. The lowest BCUT2D eigenvalue weighted by Gasteiger charge is -2.22. The Morgan fingerprint density at radius 3 is 2.84 bits per heavy atom. The van der Waals surface area contributed by atoms with Gasteiger partial charge in [-0.25, -0.2) is 9.97 Å². The molecule has 31 heavy (non-hydrogen) atoms. The summed E-state index contributed by atoms with van der Waals surface area (Å²) in [6.07, 6.45) is 9.59. The van der Waals surface area contributed by atoms with E-state index in [9.17, 15) is 9.59 Å². The molecule has 3 aromatic rings. The standard InChI is InChI=1S/C14H20N6O2.C7H7NS/c1-4-20(7-8(2)3)14(22)13(21)18-10-6-16-12(15)9-5-17-19-11(9)10;1-2-4-7-6(3-1)8-5-9-7/h5-6,8H,4,7H2,1-3H3,(H2,15,16)(H,17,19)(H,18,21);1,3,5H,2,4H2. The fraction of sp³-hybridized carbons (Fsp3) is 0.381. The topological polar surface area (TPSA) is 130 Å². The van der Waals surface area contributed by atoms with E-state index in [0.717, 1.165) is 0 Å². The number of nitrogens with zero attached hydrogens (tertiary/aromatic N) is 4. The van der Waals surface area contributed by atoms with Crippen LogP contribution in [0.25, 0.3) is 17.0 Å². The zero-order valence-corrected chi connectivity index (χ0v) is 18.7. The van der Waals surface area contributed by atoms with Crippen LogP contribution >= 0.6 is 11.3 Å². The Hall–Kier alpha value is -3.27. The van der Waals surface area contributed by atoms with E-state index in [2.05, 4.69) is 37.6 Å². The van der Waals surface area contributed by atoms with Crippen LogP contribution in [-0.4, -0.2) is 50.0 Å². The van der Waals surface area contributed by atoms with E-state index in [1.165, 1.54) is 40.7 Å². The minimum atomic E-state index is -0.704. The third kappa shape index (κ3) is 5.46. The Balaban J connectivity index is 0.000000248. The molecule has 3 heterocycles. The Morgan fingerprint density at radius 1 is 1.32 bits per heavy atom. The highest BCUT2D eigenvalue weighted by molar-refractivity contribution is 7.09. The molecular formula is C21H27N7O2S. The van der Waals surface area contributed by atoms with Crippen molar-refractivity contribution in [1.82, 2.24) is 25.1 Å². The first-order valence-corrected chi connectivity index (χ1v) is 11.0. The van der Waals surface area contributed by atoms with Crippen LogP contribution in [0.1, 0.15) is 37.8 Å². The van der Waals surface area contributed by atoms with Crippen molar-refractivity contribution < 1.29 is 9.59 Å². The van der Waals surface area contributed by atoms with Crippen molar-refractivity contribution in [2.24, 2.45) is 5.92 Å². The molecule has 4 N–H and O–H groups in total. The fourth-order valence-corrected chi connectivity index (χ4v) is 3.95. The molecule has 0 aromatic carbocycles. The van der Waals surface area contributed by atoms with Gasteiger partial charge in [-0.3, -0.25) is 14.7 Å². The third-order valence-corrected chi connectivity index (χ3v) is 5.61. The number of rotatable bonds is 4. The van der Waals surface area contributed by atoms with Crippen LogP contribution in [0, 0.1) is 5.92 Å². The van der Waals surface area contributed by atoms with Gasteiger partial charge in [0.2, 0.25) is 0 Å². The normalized spacial score (nSPS) is 12.3. The number of aromatic amines is 1. The number of hydrogen-bond donors (Lipinski definition) is 3. The second-order valence-corrected chi connectivity index (χ2v) is 8.45. The number of anilines is 2. The van der Waals surface area contributed by atoms with Gasteiger partial charge in [-0.1, -0.05) is 19.9 Å². The number of carbonyl (C=O) groups excluding carboxylic acids is 2. The maximum absolute atomic E-state index is 12.2. The number of nitrogens with two attached hydrogens (primary N) is 1. The number of pyridine rings is 1. The molecule has 0 spiro atoms. The molecule has 9 nitrogen and oxygen atoms in total. The molecule has 164 valence electrons. The summed E-state index contributed by atoms with van der Waals surface area (Å²) in [5.41, 5.74) is 9.75. The summed E-state index contributed by atoms with van der Waals surface area (Å²) >= 11 is 1.76. The van der Waals surface area contributed by atoms with Crippen molar-refractivity contribution >= 4 is 51.6 Å². The highest BCUT2D eigenvalue weighted by atomic mass is 32.1. The van der Waals surface area contributed by atoms with E-state index in [0.29, 0.717) is 35.5 Å². The van der Waals surface area contributed by atoms with E-state index in [-0.39, 0.29) is 5.92 Å². The zero-order chi connectivity index (χ0) is 22.4. The van der Waals surface area contributed by atoms with Crippen LogP contribution in [0.2, 0.25) is 0 Å². The Labute approximate surface area is 184 Å². The van der Waals surface area contributed by atoms with Crippen molar-refractivity contribution in [2.45, 2.75) is 33.6 Å². The quantitative estimate of drug-likeness (QED) is 0.534. The number of carbonyl (C=O) groups is 2. The second kappa shape index (κ2) is 10.2. The first kappa shape index (κ1) is 22.4. The molecule has 0 unspecified atom stereocenters. The fourth-order valence-electron chi connectivity index (χ4n) is 3.18. The molecule has 0 saturated carbocycles. The molecule has 1 aliphatic carbocycles. The van der Waals surface area contributed by atoms with E-state index in [1.807, 2.05) is 26.3 Å². The number of nitrogens with one attached hydrogen (secondary N) is 2. The largest absolute Gasteiger partial charge is 0.383 e. The predicted octanol–water partition coefficient (Wildman–Crippen LogP) is 3.09. The molecule has 0 aliphatic heterocycles. The number of amides is 2. The molecule has 4 rings (SSSR count). The summed E-state index contributed by atoms with van der Waals surface area (Å²) in [6.45, 7) is 6.83. The van der Waals surface area contributed by atoms with Crippen LogP contribution in [-0.2, 0) is 16.0 Å². The molecule has 3 aromatic heterocycles. The number of allylic oxidation sites excluding steroid dienone is 1. The Bertz CT molecular complexity index is 1090. The number of aryl methyl sites for hydroxylation is 1. The molecule has 0 fully saturated rings. The average molecular weight is 442 g/mol. The number of fused-ring (bicyclic) bond motifs is 2. The number of hydrogen-bond acceptors (Lipinski definition) is 7. The molecule has 0 atom stereocenters. The molecule has 10 heteroatoms. The molecule has 0 bridgehead atoms. The Kier molecular flexibility index (Phi) is 7.35. The maximum atomic E-state index is 12.2. The van der Waals surface area contributed by atoms with Gasteiger partial charge < -0.3 is 16.0 Å². The van der Waals surface area contributed by atoms with E-state index in [1.54, 1.807) is 11.3 Å². The van der Waals surface area contributed by atoms with Gasteiger partial charge in [-0.05, 0) is 31.8 Å². The van der Waals surface area contributed by atoms with Crippen LogP contribution < -0.4 is 11.1 Å². The summed E-state index contributed by atoms with van der Waals surface area (Å²) in [4.78, 5) is 35.5. The lowest BCUT2D eigenvalue weighted by atomic mass is 10.1.